The third kappa shape index (κ3) is 1.26. The van der Waals surface area contributed by atoms with Gasteiger partial charge in [-0.05, 0) is 19.8 Å². The summed E-state index contributed by atoms with van der Waals surface area (Å²) in [6, 6.07) is 0. The number of Topliss-reactive ketones (excluding diaryl/α,β-unsaturated/α-hetero) is 2. The molecule has 0 aliphatic heterocycles. The lowest BCUT2D eigenvalue weighted by molar-refractivity contribution is -0.135. The molecule has 1 aliphatic rings. The van der Waals surface area contributed by atoms with Gasteiger partial charge in [0.2, 0.25) is 0 Å². The van der Waals surface area contributed by atoms with E-state index >= 15 is 0 Å². The van der Waals surface area contributed by atoms with E-state index in [1.165, 1.54) is 6.92 Å². The highest BCUT2D eigenvalue weighted by Crippen LogP contribution is 2.37. The SMILES string of the molecule is CC(=O)C1(CBr)CCCC1=O. The number of ketones is 2. The van der Waals surface area contributed by atoms with Crippen LogP contribution in [-0.2, 0) is 9.59 Å². The van der Waals surface area contributed by atoms with Crippen LogP contribution in [0.3, 0.4) is 0 Å². The Morgan fingerprint density at radius 1 is 1.73 bits per heavy atom. The summed E-state index contributed by atoms with van der Waals surface area (Å²) >= 11 is 3.23. The zero-order valence-electron chi connectivity index (χ0n) is 6.52. The van der Waals surface area contributed by atoms with Gasteiger partial charge in [-0.25, -0.2) is 0 Å². The molecule has 1 aliphatic carbocycles. The second kappa shape index (κ2) is 3.05. The fraction of sp³-hybridized carbons (Fsp3) is 0.750. The summed E-state index contributed by atoms with van der Waals surface area (Å²) < 4.78 is 0. The second-order valence-electron chi connectivity index (χ2n) is 3.05. The lowest BCUT2D eigenvalue weighted by Gasteiger charge is -2.20. The van der Waals surface area contributed by atoms with Crippen molar-refractivity contribution in [2.75, 3.05) is 5.33 Å². The topological polar surface area (TPSA) is 34.1 Å². The summed E-state index contributed by atoms with van der Waals surface area (Å²) in [4.78, 5) is 22.5. The van der Waals surface area contributed by atoms with Crippen LogP contribution in [0.4, 0.5) is 0 Å². The molecule has 2 nitrogen and oxygen atoms in total. The van der Waals surface area contributed by atoms with Crippen LogP contribution >= 0.6 is 15.9 Å². The maximum absolute atomic E-state index is 11.3. The first-order valence-corrected chi connectivity index (χ1v) is 4.86. The van der Waals surface area contributed by atoms with Crippen LogP contribution in [0.2, 0.25) is 0 Å². The molecule has 0 amide bonds. The van der Waals surface area contributed by atoms with Gasteiger partial charge in [0.05, 0.1) is 5.41 Å². The standard InChI is InChI=1S/C8H11BrO2/c1-6(10)8(5-9)4-2-3-7(8)11/h2-5H2,1H3. The molecule has 1 saturated carbocycles. The third-order valence-electron chi connectivity index (χ3n) is 2.44. The van der Waals surface area contributed by atoms with E-state index in [1.54, 1.807) is 0 Å². The molecule has 11 heavy (non-hydrogen) atoms. The highest BCUT2D eigenvalue weighted by molar-refractivity contribution is 9.09. The van der Waals surface area contributed by atoms with E-state index in [9.17, 15) is 9.59 Å². The summed E-state index contributed by atoms with van der Waals surface area (Å²) in [7, 11) is 0. The Balaban J connectivity index is 2.91. The van der Waals surface area contributed by atoms with Crippen LogP contribution in [0.1, 0.15) is 26.2 Å². The average molecular weight is 219 g/mol. The highest BCUT2D eigenvalue weighted by atomic mass is 79.9. The van der Waals surface area contributed by atoms with Crippen LogP contribution in [0.25, 0.3) is 0 Å². The predicted molar refractivity (Wildman–Crippen MR) is 45.8 cm³/mol. The summed E-state index contributed by atoms with van der Waals surface area (Å²) in [5.74, 6) is 0.124. The van der Waals surface area contributed by atoms with Gasteiger partial charge in [-0.3, -0.25) is 9.59 Å². The first-order valence-electron chi connectivity index (χ1n) is 3.74. The number of alkyl halides is 1. The van der Waals surface area contributed by atoms with Crippen molar-refractivity contribution in [1.82, 2.24) is 0 Å². The van der Waals surface area contributed by atoms with E-state index in [1.807, 2.05) is 0 Å². The van der Waals surface area contributed by atoms with Crippen LogP contribution in [0.5, 0.6) is 0 Å². The molecule has 0 aromatic heterocycles. The Morgan fingerprint density at radius 3 is 2.55 bits per heavy atom. The second-order valence-corrected chi connectivity index (χ2v) is 3.61. The van der Waals surface area contributed by atoms with E-state index in [0.29, 0.717) is 11.8 Å². The van der Waals surface area contributed by atoms with Crippen LogP contribution < -0.4 is 0 Å². The molecule has 0 saturated heterocycles. The van der Waals surface area contributed by atoms with Crippen LogP contribution in [0, 0.1) is 5.41 Å². The molecule has 0 heterocycles. The maximum Gasteiger partial charge on any atom is 0.147 e. The smallest absolute Gasteiger partial charge is 0.147 e. The molecule has 1 atom stereocenters. The minimum Gasteiger partial charge on any atom is -0.299 e. The van der Waals surface area contributed by atoms with E-state index in [-0.39, 0.29) is 11.6 Å². The summed E-state index contributed by atoms with van der Waals surface area (Å²) in [6.45, 7) is 1.50. The van der Waals surface area contributed by atoms with E-state index in [0.717, 1.165) is 12.8 Å². The molecule has 3 heteroatoms. The van der Waals surface area contributed by atoms with Gasteiger partial charge in [0, 0.05) is 11.8 Å². The number of halogens is 1. The van der Waals surface area contributed by atoms with Gasteiger partial charge in [0.25, 0.3) is 0 Å². The largest absolute Gasteiger partial charge is 0.299 e. The monoisotopic (exact) mass is 218 g/mol. The molecule has 0 aromatic rings. The van der Waals surface area contributed by atoms with Crippen molar-refractivity contribution < 1.29 is 9.59 Å². The molecule has 0 radical (unpaired) electrons. The van der Waals surface area contributed by atoms with Crippen molar-refractivity contribution in [2.45, 2.75) is 26.2 Å². The fourth-order valence-corrected chi connectivity index (χ4v) is 2.53. The predicted octanol–water partition coefficient (Wildman–Crippen LogP) is 1.71. The molecule has 0 N–H and O–H groups in total. The third-order valence-corrected chi connectivity index (χ3v) is 3.40. The molecule has 1 unspecified atom stereocenters. The average Bonchev–Trinajstić information content (AvgIpc) is 2.32. The highest BCUT2D eigenvalue weighted by Gasteiger charge is 2.44. The lowest BCUT2D eigenvalue weighted by atomic mass is 9.84. The van der Waals surface area contributed by atoms with Crippen molar-refractivity contribution in [3.63, 3.8) is 0 Å². The van der Waals surface area contributed by atoms with Crippen LogP contribution in [-0.4, -0.2) is 16.9 Å². The van der Waals surface area contributed by atoms with Crippen molar-refractivity contribution in [3.05, 3.63) is 0 Å². The summed E-state index contributed by atoms with van der Waals surface area (Å²) in [5.41, 5.74) is -0.667. The number of carbonyl (C=O) groups is 2. The van der Waals surface area contributed by atoms with Crippen LogP contribution in [0.15, 0.2) is 0 Å². The van der Waals surface area contributed by atoms with Crippen molar-refractivity contribution in [1.29, 1.82) is 0 Å². The van der Waals surface area contributed by atoms with E-state index < -0.39 is 5.41 Å². The maximum atomic E-state index is 11.3. The number of carbonyl (C=O) groups excluding carboxylic acids is 2. The summed E-state index contributed by atoms with van der Waals surface area (Å²) in [6.07, 6.45) is 2.17. The molecule has 0 bridgehead atoms. The summed E-state index contributed by atoms with van der Waals surface area (Å²) in [5, 5.41) is 0.494. The fourth-order valence-electron chi connectivity index (χ4n) is 1.54. The van der Waals surface area contributed by atoms with Crippen molar-refractivity contribution in [2.24, 2.45) is 5.41 Å². The normalized spacial score (nSPS) is 30.9. The minimum absolute atomic E-state index is 0.0110. The zero-order chi connectivity index (χ0) is 8.48. The van der Waals surface area contributed by atoms with Gasteiger partial charge < -0.3 is 0 Å². The molecule has 1 rings (SSSR count). The molecule has 62 valence electrons. The Kier molecular flexibility index (Phi) is 2.47. The zero-order valence-corrected chi connectivity index (χ0v) is 8.11. The van der Waals surface area contributed by atoms with Crippen molar-refractivity contribution in [3.8, 4) is 0 Å². The minimum atomic E-state index is -0.667. The van der Waals surface area contributed by atoms with E-state index in [4.69, 9.17) is 0 Å². The molecule has 0 aromatic carbocycles. The molecule has 1 fully saturated rings. The lowest BCUT2D eigenvalue weighted by Crippen LogP contribution is -2.35. The van der Waals surface area contributed by atoms with Gasteiger partial charge in [0.1, 0.15) is 11.6 Å². The van der Waals surface area contributed by atoms with Crippen molar-refractivity contribution >= 4 is 27.5 Å². The quantitative estimate of drug-likeness (QED) is 0.523. The van der Waals surface area contributed by atoms with E-state index in [2.05, 4.69) is 15.9 Å². The van der Waals surface area contributed by atoms with Gasteiger partial charge >= 0.3 is 0 Å². The Labute approximate surface area is 74.5 Å². The molecule has 0 spiro atoms. The number of hydrogen-bond donors (Lipinski definition) is 0. The first-order chi connectivity index (χ1) is 5.13. The Hall–Kier alpha value is -0.180. The Bertz CT molecular complexity index is 200. The number of hydrogen-bond acceptors (Lipinski definition) is 2. The van der Waals surface area contributed by atoms with Gasteiger partial charge in [-0.1, -0.05) is 15.9 Å². The Morgan fingerprint density at radius 2 is 2.36 bits per heavy atom. The first kappa shape index (κ1) is 8.91. The molecular weight excluding hydrogens is 208 g/mol. The van der Waals surface area contributed by atoms with Gasteiger partial charge in [-0.2, -0.15) is 0 Å². The van der Waals surface area contributed by atoms with Gasteiger partial charge in [0.15, 0.2) is 0 Å². The van der Waals surface area contributed by atoms with Gasteiger partial charge in [-0.15, -0.1) is 0 Å². The molecular formula is C8H11BrO2. The number of rotatable bonds is 2.